The number of hydrogen-bond donors (Lipinski definition) is 0. The molecule has 0 fully saturated rings. The van der Waals surface area contributed by atoms with Crippen LogP contribution >= 0.6 is 11.3 Å². The van der Waals surface area contributed by atoms with Gasteiger partial charge in [-0.3, -0.25) is 9.20 Å². The van der Waals surface area contributed by atoms with Gasteiger partial charge < -0.3 is 0 Å². The predicted molar refractivity (Wildman–Crippen MR) is 79.4 cm³/mol. The molecule has 1 aromatic carbocycles. The van der Waals surface area contributed by atoms with E-state index in [1.807, 2.05) is 29.7 Å². The summed E-state index contributed by atoms with van der Waals surface area (Å²) in [5.74, 6) is 0. The maximum atomic E-state index is 11.8. The average molecular weight is 268 g/mol. The zero-order chi connectivity index (χ0) is 13.2. The van der Waals surface area contributed by atoms with Gasteiger partial charge in [-0.05, 0) is 18.6 Å². The first-order valence-electron chi connectivity index (χ1n) is 5.94. The van der Waals surface area contributed by atoms with Gasteiger partial charge in [0.2, 0.25) is 0 Å². The molecule has 0 radical (unpaired) electrons. The van der Waals surface area contributed by atoms with E-state index in [1.165, 1.54) is 16.9 Å². The standard InChI is InChI=1S/C15H12N2OS/c1-11-2-4-12(5-3-11)6-7-13-10-14(18)17-8-9-19-15(17)16-13/h2-10H,1H3. The summed E-state index contributed by atoms with van der Waals surface area (Å²) in [6.07, 6.45) is 5.57. The highest BCUT2D eigenvalue weighted by atomic mass is 32.1. The minimum absolute atomic E-state index is 0.0465. The van der Waals surface area contributed by atoms with Crippen molar-refractivity contribution in [2.75, 3.05) is 0 Å². The van der Waals surface area contributed by atoms with E-state index >= 15 is 0 Å². The maximum absolute atomic E-state index is 11.8. The lowest BCUT2D eigenvalue weighted by atomic mass is 10.1. The number of fused-ring (bicyclic) bond motifs is 1. The van der Waals surface area contributed by atoms with Crippen molar-refractivity contribution in [3.05, 3.63) is 69.1 Å². The Morgan fingerprint density at radius 2 is 2.00 bits per heavy atom. The number of rotatable bonds is 2. The molecule has 4 heteroatoms. The largest absolute Gasteiger partial charge is 0.269 e. The zero-order valence-electron chi connectivity index (χ0n) is 10.4. The minimum Gasteiger partial charge on any atom is -0.269 e. The van der Waals surface area contributed by atoms with E-state index in [0.29, 0.717) is 5.69 Å². The number of benzene rings is 1. The molecule has 0 unspecified atom stereocenters. The van der Waals surface area contributed by atoms with Gasteiger partial charge in [0, 0.05) is 17.6 Å². The zero-order valence-corrected chi connectivity index (χ0v) is 11.2. The number of nitrogens with zero attached hydrogens (tertiary/aromatic N) is 2. The predicted octanol–water partition coefficient (Wildman–Crippen LogP) is 3.23. The maximum Gasteiger partial charge on any atom is 0.259 e. The third-order valence-corrected chi connectivity index (χ3v) is 3.60. The summed E-state index contributed by atoms with van der Waals surface area (Å²) < 4.78 is 1.55. The van der Waals surface area contributed by atoms with Gasteiger partial charge in [0.05, 0.1) is 5.69 Å². The molecule has 0 amide bonds. The van der Waals surface area contributed by atoms with Gasteiger partial charge in [-0.1, -0.05) is 35.9 Å². The molecule has 2 heterocycles. The summed E-state index contributed by atoms with van der Waals surface area (Å²) in [5.41, 5.74) is 2.97. The topological polar surface area (TPSA) is 34.4 Å². The van der Waals surface area contributed by atoms with Crippen LogP contribution in [0.15, 0.2) is 46.7 Å². The molecule has 0 aliphatic heterocycles. The number of hydrogen-bond acceptors (Lipinski definition) is 3. The molecule has 3 rings (SSSR count). The molecular formula is C15H12N2OS. The van der Waals surface area contributed by atoms with E-state index in [0.717, 1.165) is 10.5 Å². The minimum atomic E-state index is -0.0465. The highest BCUT2D eigenvalue weighted by Gasteiger charge is 2.00. The highest BCUT2D eigenvalue weighted by molar-refractivity contribution is 7.15. The van der Waals surface area contributed by atoms with Crippen molar-refractivity contribution in [1.29, 1.82) is 0 Å². The molecular weight excluding hydrogens is 256 g/mol. The van der Waals surface area contributed by atoms with Crippen LogP contribution in [0.25, 0.3) is 17.1 Å². The molecule has 19 heavy (non-hydrogen) atoms. The van der Waals surface area contributed by atoms with Crippen molar-refractivity contribution in [1.82, 2.24) is 9.38 Å². The van der Waals surface area contributed by atoms with Crippen molar-refractivity contribution < 1.29 is 0 Å². The SMILES string of the molecule is Cc1ccc(C=Cc2cc(=O)n3ccsc3n2)cc1. The Morgan fingerprint density at radius 1 is 1.21 bits per heavy atom. The molecule has 0 N–H and O–H groups in total. The summed E-state index contributed by atoms with van der Waals surface area (Å²) in [4.78, 5) is 17.0. The van der Waals surface area contributed by atoms with Crippen molar-refractivity contribution in [3.8, 4) is 0 Å². The third kappa shape index (κ3) is 2.48. The summed E-state index contributed by atoms with van der Waals surface area (Å²) in [5, 5.41) is 1.86. The first-order valence-corrected chi connectivity index (χ1v) is 6.82. The molecule has 3 nitrogen and oxygen atoms in total. The van der Waals surface area contributed by atoms with Crippen molar-refractivity contribution >= 4 is 28.4 Å². The molecule has 0 aliphatic rings. The van der Waals surface area contributed by atoms with Crippen LogP contribution in [0.2, 0.25) is 0 Å². The summed E-state index contributed by atoms with van der Waals surface area (Å²) in [6.45, 7) is 2.06. The second-order valence-corrected chi connectivity index (χ2v) is 5.19. The lowest BCUT2D eigenvalue weighted by molar-refractivity contribution is 1.07. The van der Waals surface area contributed by atoms with Crippen LogP contribution < -0.4 is 5.56 Å². The fourth-order valence-electron chi connectivity index (χ4n) is 1.80. The average Bonchev–Trinajstić information content (AvgIpc) is 2.87. The van der Waals surface area contributed by atoms with Gasteiger partial charge in [-0.15, -0.1) is 11.3 Å². The second kappa shape index (κ2) is 4.82. The van der Waals surface area contributed by atoms with Crippen LogP contribution in [0, 0.1) is 6.92 Å². The summed E-state index contributed by atoms with van der Waals surface area (Å²) in [6, 6.07) is 9.75. The number of aryl methyl sites for hydroxylation is 1. The molecule has 94 valence electrons. The number of thiazole rings is 1. The van der Waals surface area contributed by atoms with E-state index in [1.54, 1.807) is 16.7 Å². The van der Waals surface area contributed by atoms with Crippen molar-refractivity contribution in [2.45, 2.75) is 6.92 Å². The summed E-state index contributed by atoms with van der Waals surface area (Å²) >= 11 is 1.46. The Bertz CT molecular complexity index is 797. The van der Waals surface area contributed by atoms with Crippen molar-refractivity contribution in [2.24, 2.45) is 0 Å². The van der Waals surface area contributed by atoms with Gasteiger partial charge in [0.15, 0.2) is 4.96 Å². The van der Waals surface area contributed by atoms with Crippen LogP contribution in [0.5, 0.6) is 0 Å². The molecule has 0 aliphatic carbocycles. The quantitative estimate of drug-likeness (QED) is 0.715. The lowest BCUT2D eigenvalue weighted by Gasteiger charge is -1.96. The molecule has 2 aromatic heterocycles. The fraction of sp³-hybridized carbons (Fsp3) is 0.0667. The van der Waals surface area contributed by atoms with E-state index < -0.39 is 0 Å². The Balaban J connectivity index is 1.96. The normalized spacial score (nSPS) is 11.4. The van der Waals surface area contributed by atoms with E-state index in [9.17, 15) is 4.79 Å². The third-order valence-electron chi connectivity index (χ3n) is 2.85. The Hall–Kier alpha value is -2.20. The first kappa shape index (κ1) is 11.9. The van der Waals surface area contributed by atoms with E-state index in [2.05, 4.69) is 24.0 Å². The molecule has 0 saturated carbocycles. The van der Waals surface area contributed by atoms with Crippen LogP contribution in [0.1, 0.15) is 16.8 Å². The fourth-order valence-corrected chi connectivity index (χ4v) is 2.53. The molecule has 0 atom stereocenters. The van der Waals surface area contributed by atoms with Crippen LogP contribution in [0.4, 0.5) is 0 Å². The van der Waals surface area contributed by atoms with Gasteiger partial charge >= 0.3 is 0 Å². The highest BCUT2D eigenvalue weighted by Crippen LogP contribution is 2.10. The van der Waals surface area contributed by atoms with E-state index in [4.69, 9.17) is 0 Å². The van der Waals surface area contributed by atoms with E-state index in [-0.39, 0.29) is 5.56 Å². The van der Waals surface area contributed by atoms with Crippen LogP contribution in [0.3, 0.4) is 0 Å². The second-order valence-electron chi connectivity index (χ2n) is 4.32. The Labute approximate surface area is 114 Å². The first-order chi connectivity index (χ1) is 9.22. The molecule has 0 spiro atoms. The van der Waals surface area contributed by atoms with Gasteiger partial charge in [-0.25, -0.2) is 4.98 Å². The Kier molecular flexibility index (Phi) is 3.01. The van der Waals surface area contributed by atoms with Gasteiger partial charge in [-0.2, -0.15) is 0 Å². The lowest BCUT2D eigenvalue weighted by Crippen LogP contribution is -2.11. The smallest absolute Gasteiger partial charge is 0.259 e. The monoisotopic (exact) mass is 268 g/mol. The Morgan fingerprint density at radius 3 is 2.79 bits per heavy atom. The van der Waals surface area contributed by atoms with Crippen LogP contribution in [-0.4, -0.2) is 9.38 Å². The van der Waals surface area contributed by atoms with Gasteiger partial charge in [0.1, 0.15) is 0 Å². The molecule has 0 bridgehead atoms. The summed E-state index contributed by atoms with van der Waals surface area (Å²) in [7, 11) is 0. The van der Waals surface area contributed by atoms with Crippen LogP contribution in [-0.2, 0) is 0 Å². The number of aromatic nitrogens is 2. The van der Waals surface area contributed by atoms with Gasteiger partial charge in [0.25, 0.3) is 5.56 Å². The molecule has 0 saturated heterocycles. The van der Waals surface area contributed by atoms with Crippen molar-refractivity contribution in [3.63, 3.8) is 0 Å². The molecule has 3 aromatic rings.